The maximum Gasteiger partial charge on any atom is 0.281 e. The van der Waals surface area contributed by atoms with Crippen LogP contribution in [0.4, 0.5) is 0 Å². The molecule has 0 saturated carbocycles. The van der Waals surface area contributed by atoms with E-state index in [1.807, 2.05) is 0 Å². The summed E-state index contributed by atoms with van der Waals surface area (Å²) in [6.07, 6.45) is 2.21. The average Bonchev–Trinajstić information content (AvgIpc) is 3.71. The van der Waals surface area contributed by atoms with Crippen LogP contribution in [0.1, 0.15) is 44.0 Å². The van der Waals surface area contributed by atoms with Crippen molar-refractivity contribution in [2.45, 2.75) is 44.0 Å². The molecule has 15 nitrogen and oxygen atoms in total. The maximum absolute atomic E-state index is 14.0. The van der Waals surface area contributed by atoms with Crippen LogP contribution in [0.3, 0.4) is 0 Å². The number of benzene rings is 2. The minimum atomic E-state index is -4.00. The molecule has 1 aliphatic rings. The van der Waals surface area contributed by atoms with Crippen LogP contribution < -0.4 is 15.0 Å². The third kappa shape index (κ3) is 5.97. The van der Waals surface area contributed by atoms with E-state index in [0.717, 1.165) is 0 Å². The van der Waals surface area contributed by atoms with Gasteiger partial charge in [-0.1, -0.05) is 34.5 Å². The van der Waals surface area contributed by atoms with Gasteiger partial charge in [0.15, 0.2) is 11.2 Å². The van der Waals surface area contributed by atoms with E-state index >= 15 is 0 Å². The number of piperidine rings is 1. The van der Waals surface area contributed by atoms with Crippen LogP contribution in [-0.4, -0.2) is 84.2 Å². The third-order valence-corrected chi connectivity index (χ3v) is 10.1. The smallest absolute Gasteiger partial charge is 0.281 e. The van der Waals surface area contributed by atoms with Crippen LogP contribution in [0, 0.1) is 0 Å². The van der Waals surface area contributed by atoms with Crippen LogP contribution in [0.2, 0.25) is 10.0 Å². The Hall–Kier alpha value is -4.12. The number of rotatable bonds is 10. The van der Waals surface area contributed by atoms with Gasteiger partial charge in [-0.2, -0.15) is 8.99 Å². The number of aromatic nitrogens is 9. The van der Waals surface area contributed by atoms with E-state index in [1.54, 1.807) is 38.1 Å². The van der Waals surface area contributed by atoms with Gasteiger partial charge in [-0.15, -0.1) is 10.2 Å². The Balaban J connectivity index is 1.26. The van der Waals surface area contributed by atoms with Gasteiger partial charge < -0.3 is 14.5 Å². The number of aromatic amines is 1. The SMILES string of the molecule is CCOc1cc(S(=O)(=O)N2CCC(c3nc4c(nnn4Cc4c(Cl)cccc4Cl)c(=O)[nH]3)CC2)c(OCC)cc1-n1cnnn1. The molecule has 236 valence electrons. The topological polar surface area (TPSA) is 176 Å². The molecule has 1 saturated heterocycles. The zero-order valence-corrected chi connectivity index (χ0v) is 26.5. The second-order valence-corrected chi connectivity index (χ2v) is 12.9. The molecule has 0 amide bonds. The minimum Gasteiger partial charge on any atom is -0.492 e. The van der Waals surface area contributed by atoms with E-state index in [4.69, 9.17) is 37.7 Å². The van der Waals surface area contributed by atoms with Crippen LogP contribution in [0.25, 0.3) is 16.9 Å². The lowest BCUT2D eigenvalue weighted by Gasteiger charge is -2.31. The molecular weight excluding hydrogens is 647 g/mol. The second kappa shape index (κ2) is 12.7. The van der Waals surface area contributed by atoms with Crippen molar-refractivity contribution in [3.05, 3.63) is 68.4 Å². The number of halogens is 2. The molecule has 3 aromatic heterocycles. The number of tetrazole rings is 1. The Morgan fingerprint density at radius 2 is 1.73 bits per heavy atom. The molecular formula is C27H28Cl2N10O5S. The van der Waals surface area contributed by atoms with Crippen molar-refractivity contribution >= 4 is 44.4 Å². The van der Waals surface area contributed by atoms with Gasteiger partial charge in [-0.3, -0.25) is 4.79 Å². The predicted molar refractivity (Wildman–Crippen MR) is 164 cm³/mol. The fourth-order valence-corrected chi connectivity index (χ4v) is 7.36. The van der Waals surface area contributed by atoms with E-state index in [2.05, 4.69) is 30.8 Å². The number of H-pyrrole nitrogens is 1. The Morgan fingerprint density at radius 3 is 2.40 bits per heavy atom. The molecule has 4 heterocycles. The number of nitrogens with one attached hydrogen (secondary N) is 1. The van der Waals surface area contributed by atoms with Gasteiger partial charge in [0.2, 0.25) is 10.0 Å². The summed E-state index contributed by atoms with van der Waals surface area (Å²) in [5, 5.41) is 20.3. The van der Waals surface area contributed by atoms with Crippen molar-refractivity contribution in [3.63, 3.8) is 0 Å². The first-order chi connectivity index (χ1) is 21.7. The number of sulfonamides is 1. The Kier molecular flexibility index (Phi) is 8.72. The summed E-state index contributed by atoms with van der Waals surface area (Å²) in [4.78, 5) is 20.4. The summed E-state index contributed by atoms with van der Waals surface area (Å²) < 4.78 is 43.7. The minimum absolute atomic E-state index is 0.0239. The number of hydrogen-bond donors (Lipinski definition) is 1. The Labute approximate surface area is 267 Å². The lowest BCUT2D eigenvalue weighted by atomic mass is 9.97. The first kappa shape index (κ1) is 30.9. The molecule has 1 fully saturated rings. The number of ether oxygens (including phenoxy) is 2. The quantitative estimate of drug-likeness (QED) is 0.230. The van der Waals surface area contributed by atoms with Gasteiger partial charge in [0.1, 0.15) is 34.2 Å². The molecule has 0 unspecified atom stereocenters. The molecule has 1 N–H and O–H groups in total. The fourth-order valence-electron chi connectivity index (χ4n) is 5.25. The lowest BCUT2D eigenvalue weighted by Crippen LogP contribution is -2.38. The van der Waals surface area contributed by atoms with Crippen LogP contribution in [0.5, 0.6) is 11.5 Å². The van der Waals surface area contributed by atoms with Gasteiger partial charge in [0, 0.05) is 46.7 Å². The molecule has 6 rings (SSSR count). The molecule has 0 bridgehead atoms. The van der Waals surface area contributed by atoms with E-state index in [9.17, 15) is 13.2 Å². The predicted octanol–water partition coefficient (Wildman–Crippen LogP) is 3.21. The van der Waals surface area contributed by atoms with Crippen molar-refractivity contribution < 1.29 is 17.9 Å². The molecule has 5 aromatic rings. The van der Waals surface area contributed by atoms with Gasteiger partial charge in [0.25, 0.3) is 5.56 Å². The summed E-state index contributed by atoms with van der Waals surface area (Å²) in [7, 11) is -4.00. The highest BCUT2D eigenvalue weighted by atomic mass is 35.5. The van der Waals surface area contributed by atoms with E-state index in [1.165, 1.54) is 26.1 Å². The first-order valence-electron chi connectivity index (χ1n) is 14.1. The van der Waals surface area contributed by atoms with E-state index < -0.39 is 15.6 Å². The maximum atomic E-state index is 14.0. The Bertz CT molecular complexity index is 1990. The fraction of sp³-hybridized carbons (Fsp3) is 0.370. The molecule has 0 atom stereocenters. The summed E-state index contributed by atoms with van der Waals surface area (Å²) in [6, 6.07) is 8.17. The highest BCUT2D eigenvalue weighted by molar-refractivity contribution is 7.89. The molecule has 0 radical (unpaired) electrons. The van der Waals surface area contributed by atoms with Crippen LogP contribution in [-0.2, 0) is 16.6 Å². The second-order valence-electron chi connectivity index (χ2n) is 10.1. The molecule has 18 heteroatoms. The summed E-state index contributed by atoms with van der Waals surface area (Å²) in [5.41, 5.74) is 1.00. The van der Waals surface area contributed by atoms with Crippen molar-refractivity contribution in [2.24, 2.45) is 0 Å². The standard InChI is InChI=1S/C27H28Cl2N10O5S/c1-3-43-21-13-23(22(44-4-2)12-20(21)39-15-30-34-36-39)45(41,42)37-10-8-16(9-11-37)25-31-26-24(27(40)32-25)33-35-38(26)14-17-18(28)6-5-7-19(17)29/h5-7,12-13,15-16H,3-4,8-11,14H2,1-2H3,(H,31,32,40). The summed E-state index contributed by atoms with van der Waals surface area (Å²) in [5.74, 6) is 0.663. The number of hydrogen-bond acceptors (Lipinski definition) is 11. The highest BCUT2D eigenvalue weighted by Gasteiger charge is 2.34. The zero-order chi connectivity index (χ0) is 31.7. The van der Waals surface area contributed by atoms with Crippen LogP contribution in [0.15, 0.2) is 46.3 Å². The van der Waals surface area contributed by atoms with E-state index in [0.29, 0.717) is 52.3 Å². The number of nitrogens with zero attached hydrogens (tertiary/aromatic N) is 9. The third-order valence-electron chi connectivity index (χ3n) is 7.44. The van der Waals surface area contributed by atoms with Gasteiger partial charge in [-0.05, 0) is 49.2 Å². The lowest BCUT2D eigenvalue weighted by molar-refractivity contribution is 0.304. The van der Waals surface area contributed by atoms with E-state index in [-0.39, 0.29) is 54.0 Å². The molecule has 0 spiro atoms. The van der Waals surface area contributed by atoms with Gasteiger partial charge in [0.05, 0.1) is 19.8 Å². The van der Waals surface area contributed by atoms with Gasteiger partial charge >= 0.3 is 0 Å². The molecule has 45 heavy (non-hydrogen) atoms. The molecule has 1 aliphatic heterocycles. The van der Waals surface area contributed by atoms with Crippen LogP contribution >= 0.6 is 23.2 Å². The average molecular weight is 676 g/mol. The summed E-state index contributed by atoms with van der Waals surface area (Å²) in [6.45, 7) is 4.64. The summed E-state index contributed by atoms with van der Waals surface area (Å²) >= 11 is 12.7. The number of fused-ring (bicyclic) bond motifs is 1. The van der Waals surface area contributed by atoms with Crippen molar-refractivity contribution in [3.8, 4) is 17.2 Å². The first-order valence-corrected chi connectivity index (χ1v) is 16.3. The largest absolute Gasteiger partial charge is 0.492 e. The van der Waals surface area contributed by atoms with Gasteiger partial charge in [-0.25, -0.2) is 18.1 Å². The molecule has 0 aliphatic carbocycles. The monoisotopic (exact) mass is 674 g/mol. The van der Waals surface area contributed by atoms with Crippen molar-refractivity contribution in [2.75, 3.05) is 26.3 Å². The zero-order valence-electron chi connectivity index (χ0n) is 24.2. The highest BCUT2D eigenvalue weighted by Crippen LogP contribution is 2.38. The normalized spacial score (nSPS) is 14.7. The van der Waals surface area contributed by atoms with Crippen molar-refractivity contribution in [1.29, 1.82) is 0 Å². The molecule has 2 aromatic carbocycles. The Morgan fingerprint density at radius 1 is 1.02 bits per heavy atom. The van der Waals surface area contributed by atoms with Crippen molar-refractivity contribution in [1.82, 2.24) is 49.5 Å².